The third-order valence-electron chi connectivity index (χ3n) is 3.56. The summed E-state index contributed by atoms with van der Waals surface area (Å²) in [6, 6.07) is 8.26. The molecule has 0 aliphatic carbocycles. The van der Waals surface area contributed by atoms with Crippen LogP contribution in [0.25, 0.3) is 0 Å². The molecule has 2 rings (SSSR count). The highest BCUT2D eigenvalue weighted by Crippen LogP contribution is 2.17. The van der Waals surface area contributed by atoms with E-state index in [0.717, 1.165) is 35.3 Å². The van der Waals surface area contributed by atoms with E-state index in [1.807, 2.05) is 29.2 Å². The van der Waals surface area contributed by atoms with Crippen LogP contribution in [0.5, 0.6) is 0 Å². The number of carbonyl (C=O) groups is 1. The van der Waals surface area contributed by atoms with Gasteiger partial charge in [0, 0.05) is 29.2 Å². The van der Waals surface area contributed by atoms with Crippen molar-refractivity contribution in [1.29, 1.82) is 0 Å². The van der Waals surface area contributed by atoms with Crippen LogP contribution in [0, 0.1) is 3.57 Å². The van der Waals surface area contributed by atoms with Crippen molar-refractivity contribution >= 4 is 28.5 Å². The molecule has 1 atom stereocenters. The van der Waals surface area contributed by atoms with Gasteiger partial charge in [0.2, 0.25) is 0 Å². The Morgan fingerprint density at radius 2 is 2.11 bits per heavy atom. The normalized spacial score (nSPS) is 21.1. The van der Waals surface area contributed by atoms with Crippen LogP contribution in [0.1, 0.15) is 24.2 Å². The molecule has 0 bridgehead atoms. The molecule has 1 heterocycles. The fraction of sp³-hybridized carbons (Fsp3) is 0.500. The van der Waals surface area contributed by atoms with E-state index in [9.17, 15) is 4.79 Å². The van der Waals surface area contributed by atoms with Crippen LogP contribution in [-0.4, -0.2) is 47.9 Å². The van der Waals surface area contributed by atoms with Gasteiger partial charge in [-0.3, -0.25) is 9.69 Å². The lowest BCUT2D eigenvalue weighted by molar-refractivity contribution is 0.0527. The van der Waals surface area contributed by atoms with Gasteiger partial charge >= 0.3 is 0 Å². The first-order chi connectivity index (χ1) is 8.63. The summed E-state index contributed by atoms with van der Waals surface area (Å²) >= 11 is 2.23. The van der Waals surface area contributed by atoms with E-state index in [1.165, 1.54) is 0 Å². The molecule has 1 aliphatic heterocycles. The molecule has 3 nitrogen and oxygen atoms in total. The number of hydrogen-bond acceptors (Lipinski definition) is 2. The van der Waals surface area contributed by atoms with Crippen LogP contribution in [0.2, 0.25) is 0 Å². The van der Waals surface area contributed by atoms with E-state index < -0.39 is 0 Å². The Kier molecular flexibility index (Phi) is 4.61. The Morgan fingerprint density at radius 3 is 2.72 bits per heavy atom. The van der Waals surface area contributed by atoms with Crippen LogP contribution in [0.3, 0.4) is 0 Å². The van der Waals surface area contributed by atoms with E-state index in [1.54, 1.807) is 0 Å². The number of halogens is 1. The largest absolute Gasteiger partial charge is 0.336 e. The number of piperazine rings is 1. The van der Waals surface area contributed by atoms with Crippen molar-refractivity contribution in [3.05, 3.63) is 33.4 Å². The van der Waals surface area contributed by atoms with Gasteiger partial charge in [0.15, 0.2) is 0 Å². The van der Waals surface area contributed by atoms with Crippen LogP contribution in [-0.2, 0) is 0 Å². The predicted molar refractivity (Wildman–Crippen MR) is 81.8 cm³/mol. The van der Waals surface area contributed by atoms with Crippen molar-refractivity contribution in [2.75, 3.05) is 26.2 Å². The van der Waals surface area contributed by atoms with Crippen LogP contribution >= 0.6 is 22.6 Å². The summed E-state index contributed by atoms with van der Waals surface area (Å²) in [5.74, 6) is 0.169. The summed E-state index contributed by atoms with van der Waals surface area (Å²) in [7, 11) is 0. The maximum Gasteiger partial charge on any atom is 0.255 e. The standard InChI is InChI=1S/C14H19IN2O/c1-3-16-8-9-17(10-11(16)2)14(18)12-6-4-5-7-13(12)15/h4-7,11H,3,8-10H2,1-2H3. The Labute approximate surface area is 122 Å². The minimum Gasteiger partial charge on any atom is -0.336 e. The minimum absolute atomic E-state index is 0.169. The number of amides is 1. The van der Waals surface area contributed by atoms with Crippen molar-refractivity contribution in [2.45, 2.75) is 19.9 Å². The van der Waals surface area contributed by atoms with E-state index in [0.29, 0.717) is 6.04 Å². The fourth-order valence-corrected chi connectivity index (χ4v) is 3.07. The van der Waals surface area contributed by atoms with Crippen molar-refractivity contribution < 1.29 is 4.79 Å². The van der Waals surface area contributed by atoms with E-state index in [4.69, 9.17) is 0 Å². The molecule has 1 aromatic rings. The fourth-order valence-electron chi connectivity index (χ4n) is 2.45. The summed E-state index contributed by atoms with van der Waals surface area (Å²) in [5, 5.41) is 0. The highest BCUT2D eigenvalue weighted by molar-refractivity contribution is 14.1. The van der Waals surface area contributed by atoms with Gasteiger partial charge in [-0.25, -0.2) is 0 Å². The topological polar surface area (TPSA) is 23.6 Å². The van der Waals surface area contributed by atoms with Crippen molar-refractivity contribution in [1.82, 2.24) is 9.80 Å². The van der Waals surface area contributed by atoms with Crippen LogP contribution in [0.4, 0.5) is 0 Å². The van der Waals surface area contributed by atoms with Crippen molar-refractivity contribution in [2.24, 2.45) is 0 Å². The van der Waals surface area contributed by atoms with E-state index in [-0.39, 0.29) is 5.91 Å². The average molecular weight is 358 g/mol. The molecule has 1 unspecified atom stereocenters. The smallest absolute Gasteiger partial charge is 0.255 e. The van der Waals surface area contributed by atoms with Crippen molar-refractivity contribution in [3.63, 3.8) is 0 Å². The van der Waals surface area contributed by atoms with Gasteiger partial charge in [-0.15, -0.1) is 0 Å². The number of nitrogens with zero attached hydrogens (tertiary/aromatic N) is 2. The van der Waals surface area contributed by atoms with Gasteiger partial charge in [0.05, 0.1) is 5.56 Å². The molecule has 1 saturated heterocycles. The Morgan fingerprint density at radius 1 is 1.39 bits per heavy atom. The first-order valence-corrected chi connectivity index (χ1v) is 7.49. The molecule has 0 saturated carbocycles. The zero-order valence-corrected chi connectivity index (χ0v) is 13.1. The quantitative estimate of drug-likeness (QED) is 0.759. The highest BCUT2D eigenvalue weighted by Gasteiger charge is 2.26. The van der Waals surface area contributed by atoms with Gasteiger partial charge in [-0.05, 0) is 48.2 Å². The molecular formula is C14H19IN2O. The van der Waals surface area contributed by atoms with Crippen LogP contribution < -0.4 is 0 Å². The second-order valence-corrected chi connectivity index (χ2v) is 5.87. The molecule has 0 aromatic heterocycles. The molecule has 1 amide bonds. The van der Waals surface area contributed by atoms with Crippen LogP contribution in [0.15, 0.2) is 24.3 Å². The summed E-state index contributed by atoms with van der Waals surface area (Å²) in [6.45, 7) is 8.07. The second kappa shape index (κ2) is 6.02. The van der Waals surface area contributed by atoms with E-state index in [2.05, 4.69) is 41.3 Å². The van der Waals surface area contributed by atoms with Gasteiger partial charge in [0.1, 0.15) is 0 Å². The molecule has 0 radical (unpaired) electrons. The molecule has 0 spiro atoms. The molecular weight excluding hydrogens is 339 g/mol. The lowest BCUT2D eigenvalue weighted by atomic mass is 10.1. The maximum atomic E-state index is 12.5. The lowest BCUT2D eigenvalue weighted by Crippen LogP contribution is -2.53. The molecule has 1 aromatic carbocycles. The lowest BCUT2D eigenvalue weighted by Gasteiger charge is -2.39. The van der Waals surface area contributed by atoms with Gasteiger partial charge in [0.25, 0.3) is 5.91 Å². The number of hydrogen-bond donors (Lipinski definition) is 0. The Bertz CT molecular complexity index is 436. The predicted octanol–water partition coefficient (Wildman–Crippen LogP) is 2.46. The second-order valence-electron chi connectivity index (χ2n) is 4.71. The molecule has 1 aliphatic rings. The number of benzene rings is 1. The number of rotatable bonds is 2. The zero-order chi connectivity index (χ0) is 13.1. The van der Waals surface area contributed by atoms with Gasteiger partial charge < -0.3 is 4.90 Å². The number of carbonyl (C=O) groups excluding carboxylic acids is 1. The highest BCUT2D eigenvalue weighted by atomic mass is 127. The first kappa shape index (κ1) is 13.8. The molecule has 4 heteroatoms. The average Bonchev–Trinajstić information content (AvgIpc) is 2.38. The van der Waals surface area contributed by atoms with Gasteiger partial charge in [-0.1, -0.05) is 19.1 Å². The molecule has 98 valence electrons. The number of likely N-dealkylation sites (N-methyl/N-ethyl adjacent to an activating group) is 1. The Hall–Kier alpha value is -0.620. The summed E-state index contributed by atoms with van der Waals surface area (Å²) < 4.78 is 1.03. The molecule has 18 heavy (non-hydrogen) atoms. The summed E-state index contributed by atoms with van der Waals surface area (Å²) in [6.07, 6.45) is 0. The molecule has 0 N–H and O–H groups in total. The minimum atomic E-state index is 0.169. The zero-order valence-electron chi connectivity index (χ0n) is 10.9. The van der Waals surface area contributed by atoms with E-state index >= 15 is 0 Å². The van der Waals surface area contributed by atoms with Crippen molar-refractivity contribution in [3.8, 4) is 0 Å². The third-order valence-corrected chi connectivity index (χ3v) is 4.50. The molecule has 1 fully saturated rings. The summed E-state index contributed by atoms with van der Waals surface area (Å²) in [4.78, 5) is 16.9. The maximum absolute atomic E-state index is 12.5. The van der Waals surface area contributed by atoms with Gasteiger partial charge in [-0.2, -0.15) is 0 Å². The SMILES string of the molecule is CCN1CCN(C(=O)c2ccccc2I)CC1C. The monoisotopic (exact) mass is 358 g/mol. The Balaban J connectivity index is 2.10. The first-order valence-electron chi connectivity index (χ1n) is 6.41. The third kappa shape index (κ3) is 2.85. The summed E-state index contributed by atoms with van der Waals surface area (Å²) in [5.41, 5.74) is 0.829.